The van der Waals surface area contributed by atoms with E-state index >= 15 is 0 Å². The Hall–Kier alpha value is -3.40. The molecule has 0 aliphatic rings. The number of phenolic OH excluding ortho intramolecular Hbond substituents is 1. The number of methoxy groups -OCH3 is 1. The van der Waals surface area contributed by atoms with E-state index in [-0.39, 0.29) is 23.0 Å². The number of nitrogens with zero attached hydrogens (tertiary/aromatic N) is 4. The lowest BCUT2D eigenvalue weighted by Crippen LogP contribution is -2.15. The Morgan fingerprint density at radius 1 is 1.22 bits per heavy atom. The van der Waals surface area contributed by atoms with Gasteiger partial charge in [-0.05, 0) is 34.7 Å². The number of carbonyl (C=O) groups is 2. The molecule has 2 aromatic carbocycles. The van der Waals surface area contributed by atoms with E-state index in [1.165, 1.54) is 41.8 Å². The normalized spacial score (nSPS) is 10.4. The summed E-state index contributed by atoms with van der Waals surface area (Å²) in [4.78, 5) is 23.6. The number of amides is 1. The van der Waals surface area contributed by atoms with Crippen LogP contribution in [0.3, 0.4) is 0 Å². The smallest absolute Gasteiger partial charge is 0.341 e. The maximum absolute atomic E-state index is 12.2. The molecule has 3 rings (SSSR count). The maximum Gasteiger partial charge on any atom is 0.341 e. The van der Waals surface area contributed by atoms with Crippen LogP contribution in [0.25, 0.3) is 5.69 Å². The summed E-state index contributed by atoms with van der Waals surface area (Å²) >= 11 is 1.17. The van der Waals surface area contributed by atoms with Crippen molar-refractivity contribution >= 4 is 29.3 Å². The molecule has 0 aliphatic heterocycles. The molecule has 10 heteroatoms. The standard InChI is InChI=1S/C17H15N5O4S/c1-26-16(25)13-8-7-11(9-14(13)23)18-15(24)10-27-17-19-20-21-22(17)12-5-3-2-4-6-12/h2-9,23H,10H2,1H3,(H,18,24). The largest absolute Gasteiger partial charge is 0.507 e. The van der Waals surface area contributed by atoms with Gasteiger partial charge in [-0.25, -0.2) is 4.79 Å². The van der Waals surface area contributed by atoms with Crippen molar-refractivity contribution in [1.29, 1.82) is 0 Å². The van der Waals surface area contributed by atoms with Crippen LogP contribution in [0, 0.1) is 0 Å². The molecule has 1 heterocycles. The number of ether oxygens (including phenoxy) is 1. The van der Waals surface area contributed by atoms with E-state index in [1.807, 2.05) is 30.3 Å². The van der Waals surface area contributed by atoms with Crippen molar-refractivity contribution in [2.75, 3.05) is 18.2 Å². The van der Waals surface area contributed by atoms with Crippen LogP contribution in [-0.2, 0) is 9.53 Å². The van der Waals surface area contributed by atoms with Crippen molar-refractivity contribution in [3.63, 3.8) is 0 Å². The van der Waals surface area contributed by atoms with Crippen LogP contribution in [-0.4, -0.2) is 50.1 Å². The zero-order valence-corrected chi connectivity index (χ0v) is 15.0. The van der Waals surface area contributed by atoms with Crippen LogP contribution in [0.15, 0.2) is 53.7 Å². The molecule has 1 amide bonds. The lowest BCUT2D eigenvalue weighted by atomic mass is 10.2. The number of hydrogen-bond acceptors (Lipinski definition) is 8. The van der Waals surface area contributed by atoms with Gasteiger partial charge in [-0.1, -0.05) is 30.0 Å². The molecule has 0 fully saturated rings. The summed E-state index contributed by atoms with van der Waals surface area (Å²) in [5.74, 6) is -1.19. The molecular weight excluding hydrogens is 370 g/mol. The third-order valence-corrected chi connectivity index (χ3v) is 4.38. The second-order valence-corrected chi connectivity index (χ2v) is 6.21. The lowest BCUT2D eigenvalue weighted by Gasteiger charge is -2.08. The number of esters is 1. The molecule has 0 radical (unpaired) electrons. The van der Waals surface area contributed by atoms with Gasteiger partial charge in [-0.2, -0.15) is 4.68 Å². The number of aromatic nitrogens is 4. The molecule has 0 saturated carbocycles. The molecule has 0 unspecified atom stereocenters. The Morgan fingerprint density at radius 2 is 2.00 bits per heavy atom. The van der Waals surface area contributed by atoms with Crippen LogP contribution < -0.4 is 5.32 Å². The maximum atomic E-state index is 12.2. The van der Waals surface area contributed by atoms with Crippen LogP contribution in [0.2, 0.25) is 0 Å². The van der Waals surface area contributed by atoms with Gasteiger partial charge in [-0.3, -0.25) is 4.79 Å². The van der Waals surface area contributed by atoms with E-state index < -0.39 is 5.97 Å². The summed E-state index contributed by atoms with van der Waals surface area (Å²) < 4.78 is 6.09. The summed E-state index contributed by atoms with van der Waals surface area (Å²) in [5, 5.41) is 24.5. The summed E-state index contributed by atoms with van der Waals surface area (Å²) in [6, 6.07) is 13.5. The molecule has 27 heavy (non-hydrogen) atoms. The molecule has 0 spiro atoms. The molecule has 9 nitrogen and oxygen atoms in total. The van der Waals surface area contributed by atoms with E-state index in [0.29, 0.717) is 10.8 Å². The Labute approximate surface area is 158 Å². The molecule has 0 bridgehead atoms. The average Bonchev–Trinajstić information content (AvgIpc) is 3.15. The first-order valence-electron chi connectivity index (χ1n) is 7.76. The number of para-hydroxylation sites is 1. The lowest BCUT2D eigenvalue weighted by molar-refractivity contribution is -0.113. The number of hydrogen-bond donors (Lipinski definition) is 2. The highest BCUT2D eigenvalue weighted by atomic mass is 32.2. The van der Waals surface area contributed by atoms with Crippen molar-refractivity contribution in [2.24, 2.45) is 0 Å². The number of phenols is 1. The minimum Gasteiger partial charge on any atom is -0.507 e. The number of rotatable bonds is 6. The van der Waals surface area contributed by atoms with E-state index in [1.54, 1.807) is 0 Å². The van der Waals surface area contributed by atoms with Gasteiger partial charge < -0.3 is 15.2 Å². The molecule has 0 saturated heterocycles. The highest BCUT2D eigenvalue weighted by molar-refractivity contribution is 7.99. The molecule has 0 atom stereocenters. The van der Waals surface area contributed by atoms with E-state index in [4.69, 9.17) is 0 Å². The fourth-order valence-electron chi connectivity index (χ4n) is 2.22. The summed E-state index contributed by atoms with van der Waals surface area (Å²) in [6.45, 7) is 0. The van der Waals surface area contributed by atoms with Gasteiger partial charge in [0.05, 0.1) is 18.6 Å². The first-order valence-corrected chi connectivity index (χ1v) is 8.75. The summed E-state index contributed by atoms with van der Waals surface area (Å²) in [6.07, 6.45) is 0. The van der Waals surface area contributed by atoms with E-state index in [9.17, 15) is 14.7 Å². The van der Waals surface area contributed by atoms with Crippen molar-refractivity contribution < 1.29 is 19.4 Å². The van der Waals surface area contributed by atoms with E-state index in [2.05, 4.69) is 25.6 Å². The number of anilines is 1. The predicted molar refractivity (Wildman–Crippen MR) is 98.0 cm³/mol. The van der Waals surface area contributed by atoms with Gasteiger partial charge in [-0.15, -0.1) is 5.10 Å². The monoisotopic (exact) mass is 385 g/mol. The van der Waals surface area contributed by atoms with Crippen LogP contribution in [0.4, 0.5) is 5.69 Å². The molecular formula is C17H15N5O4S. The number of tetrazole rings is 1. The SMILES string of the molecule is COC(=O)c1ccc(NC(=O)CSc2nnnn2-c2ccccc2)cc1O. The molecule has 1 aromatic heterocycles. The highest BCUT2D eigenvalue weighted by Gasteiger charge is 2.14. The number of carbonyl (C=O) groups excluding carboxylic acids is 2. The minimum atomic E-state index is -0.659. The first-order chi connectivity index (χ1) is 13.1. The second-order valence-electron chi connectivity index (χ2n) is 5.27. The van der Waals surface area contributed by atoms with Crippen molar-refractivity contribution in [1.82, 2.24) is 20.2 Å². The Morgan fingerprint density at radius 3 is 2.70 bits per heavy atom. The molecule has 3 aromatic rings. The molecule has 0 aliphatic carbocycles. The highest BCUT2D eigenvalue weighted by Crippen LogP contribution is 2.23. The molecule has 138 valence electrons. The first kappa shape index (κ1) is 18.4. The zero-order valence-electron chi connectivity index (χ0n) is 14.2. The van der Waals surface area contributed by atoms with Crippen molar-refractivity contribution in [3.8, 4) is 11.4 Å². The van der Waals surface area contributed by atoms with Gasteiger partial charge in [0.1, 0.15) is 11.3 Å². The second kappa shape index (κ2) is 8.32. The van der Waals surface area contributed by atoms with Crippen LogP contribution in [0.1, 0.15) is 10.4 Å². The summed E-state index contributed by atoms with van der Waals surface area (Å²) in [7, 11) is 1.22. The Balaban J connectivity index is 1.62. The number of aromatic hydroxyl groups is 1. The fraction of sp³-hybridized carbons (Fsp3) is 0.118. The number of thioether (sulfide) groups is 1. The van der Waals surface area contributed by atoms with Crippen molar-refractivity contribution in [2.45, 2.75) is 5.16 Å². The summed E-state index contributed by atoms with van der Waals surface area (Å²) in [5.41, 5.74) is 1.16. The van der Waals surface area contributed by atoms with Crippen molar-refractivity contribution in [3.05, 3.63) is 54.1 Å². The third kappa shape index (κ3) is 4.42. The van der Waals surface area contributed by atoms with E-state index in [0.717, 1.165) is 5.69 Å². The van der Waals surface area contributed by atoms with Gasteiger partial charge in [0.2, 0.25) is 11.1 Å². The fourth-order valence-corrected chi connectivity index (χ4v) is 2.91. The quantitative estimate of drug-likeness (QED) is 0.488. The predicted octanol–water partition coefficient (Wildman–Crippen LogP) is 1.89. The minimum absolute atomic E-state index is 0.0203. The van der Waals surface area contributed by atoms with Gasteiger partial charge in [0.25, 0.3) is 0 Å². The van der Waals surface area contributed by atoms with Crippen LogP contribution >= 0.6 is 11.8 Å². The number of nitrogens with one attached hydrogen (secondary N) is 1. The average molecular weight is 385 g/mol. The number of benzene rings is 2. The Kier molecular flexibility index (Phi) is 5.67. The van der Waals surface area contributed by atoms with Gasteiger partial charge in [0.15, 0.2) is 0 Å². The topological polar surface area (TPSA) is 119 Å². The van der Waals surface area contributed by atoms with Gasteiger partial charge >= 0.3 is 5.97 Å². The Bertz CT molecular complexity index is 961. The van der Waals surface area contributed by atoms with Crippen LogP contribution in [0.5, 0.6) is 5.75 Å². The zero-order chi connectivity index (χ0) is 19.2. The third-order valence-electron chi connectivity index (χ3n) is 3.46. The molecule has 2 N–H and O–H groups in total. The van der Waals surface area contributed by atoms with Gasteiger partial charge in [0, 0.05) is 11.8 Å².